The molecule has 0 bridgehead atoms. The lowest BCUT2D eigenvalue weighted by Gasteiger charge is -2.41. The van der Waals surface area contributed by atoms with Crippen LogP contribution in [-0.4, -0.2) is 35.7 Å². The Morgan fingerprint density at radius 1 is 1.14 bits per heavy atom. The van der Waals surface area contributed by atoms with Gasteiger partial charge in [0.15, 0.2) is 5.78 Å². The zero-order valence-corrected chi connectivity index (χ0v) is 17.0. The molecule has 0 spiro atoms. The normalized spacial score (nSPS) is 24.3. The zero-order chi connectivity index (χ0) is 19.7. The van der Waals surface area contributed by atoms with Gasteiger partial charge in [-0.2, -0.15) is 0 Å². The molecule has 2 aromatic rings. The molecule has 2 aromatic carbocycles. The van der Waals surface area contributed by atoms with Crippen molar-refractivity contribution in [2.45, 2.75) is 11.7 Å². The van der Waals surface area contributed by atoms with Crippen LogP contribution in [0.2, 0.25) is 10.0 Å². The Kier molecular flexibility index (Phi) is 5.91. The average molecular weight is 437 g/mol. The smallest absolute Gasteiger partial charge is 0.236 e. The van der Waals surface area contributed by atoms with Gasteiger partial charge in [0.2, 0.25) is 5.91 Å². The van der Waals surface area contributed by atoms with Gasteiger partial charge in [0.1, 0.15) is 5.50 Å². The summed E-state index contributed by atoms with van der Waals surface area (Å²) in [6, 6.07) is 14.3. The van der Waals surface area contributed by atoms with Crippen molar-refractivity contribution in [1.29, 1.82) is 0 Å². The highest BCUT2D eigenvalue weighted by Crippen LogP contribution is 2.31. The van der Waals surface area contributed by atoms with Crippen molar-refractivity contribution in [3.63, 3.8) is 0 Å². The van der Waals surface area contributed by atoms with Crippen LogP contribution in [0.1, 0.15) is 10.4 Å². The number of nitrogens with one attached hydrogen (secondary N) is 3. The molecule has 4 rings (SSSR count). The second-order valence-corrected chi connectivity index (χ2v) is 8.42. The number of hydrazine groups is 1. The van der Waals surface area contributed by atoms with Crippen LogP contribution in [0.5, 0.6) is 0 Å². The van der Waals surface area contributed by atoms with Gasteiger partial charge in [0.25, 0.3) is 0 Å². The van der Waals surface area contributed by atoms with Crippen LogP contribution in [0.25, 0.3) is 0 Å². The summed E-state index contributed by atoms with van der Waals surface area (Å²) in [5.41, 5.74) is 7.02. The largest absolute Gasteiger partial charge is 0.293 e. The second-order valence-electron chi connectivity index (χ2n) is 6.54. The molecule has 2 fully saturated rings. The zero-order valence-electron chi connectivity index (χ0n) is 14.7. The topological polar surface area (TPSA) is 73.5 Å². The van der Waals surface area contributed by atoms with Crippen LogP contribution in [0, 0.1) is 5.92 Å². The molecule has 6 nitrogen and oxygen atoms in total. The number of thioether (sulfide) groups is 1. The highest BCUT2D eigenvalue weighted by Gasteiger charge is 2.44. The predicted octanol–water partition coefficient (Wildman–Crippen LogP) is 2.88. The van der Waals surface area contributed by atoms with Gasteiger partial charge < -0.3 is 0 Å². The number of carbonyl (C=O) groups is 2. The molecule has 0 aromatic heterocycles. The van der Waals surface area contributed by atoms with Crippen molar-refractivity contribution in [3.05, 3.63) is 64.1 Å². The molecule has 2 aliphatic rings. The Balaban J connectivity index is 1.52. The first-order valence-electron chi connectivity index (χ1n) is 8.77. The third kappa shape index (κ3) is 3.91. The van der Waals surface area contributed by atoms with Crippen LogP contribution in [-0.2, 0) is 4.79 Å². The summed E-state index contributed by atoms with van der Waals surface area (Å²) >= 11 is 13.3. The molecule has 9 heteroatoms. The number of fused-ring (bicyclic) bond motifs is 1. The molecular formula is C19H18Cl2N4O2S. The van der Waals surface area contributed by atoms with E-state index in [9.17, 15) is 9.59 Å². The molecule has 2 saturated heterocycles. The van der Waals surface area contributed by atoms with Gasteiger partial charge in [-0.05, 0) is 30.3 Å². The van der Waals surface area contributed by atoms with Gasteiger partial charge >= 0.3 is 0 Å². The SMILES string of the molecule is O=C(CSC1NC2NNCC2C(=O)N1c1ccccc1)c1ccc(Cl)c(Cl)c1. The fourth-order valence-electron chi connectivity index (χ4n) is 3.29. The quantitative estimate of drug-likeness (QED) is 0.625. The Hall–Kier alpha value is -1.61. The number of benzene rings is 2. The van der Waals surface area contributed by atoms with E-state index in [4.69, 9.17) is 23.2 Å². The van der Waals surface area contributed by atoms with E-state index in [1.54, 1.807) is 23.1 Å². The molecule has 146 valence electrons. The van der Waals surface area contributed by atoms with E-state index < -0.39 is 0 Å². The van der Waals surface area contributed by atoms with Gasteiger partial charge in [-0.1, -0.05) is 41.4 Å². The summed E-state index contributed by atoms with van der Waals surface area (Å²) in [5, 5.41) is 4.17. The first-order valence-corrected chi connectivity index (χ1v) is 10.6. The molecule has 2 heterocycles. The third-order valence-corrected chi connectivity index (χ3v) is 6.57. The second kappa shape index (κ2) is 8.41. The van der Waals surface area contributed by atoms with Crippen molar-refractivity contribution in [1.82, 2.24) is 16.2 Å². The van der Waals surface area contributed by atoms with E-state index in [0.717, 1.165) is 5.69 Å². The van der Waals surface area contributed by atoms with Crippen molar-refractivity contribution in [3.8, 4) is 0 Å². The van der Waals surface area contributed by atoms with Crippen LogP contribution in [0.3, 0.4) is 0 Å². The summed E-state index contributed by atoms with van der Waals surface area (Å²) in [7, 11) is 0. The predicted molar refractivity (Wildman–Crippen MR) is 113 cm³/mol. The molecule has 0 radical (unpaired) electrons. The minimum absolute atomic E-state index is 0.0203. The number of ketones is 1. The van der Waals surface area contributed by atoms with Gasteiger partial charge in [-0.3, -0.25) is 25.2 Å². The number of rotatable bonds is 5. The minimum atomic E-state index is -0.379. The Labute approximate surface area is 176 Å². The number of anilines is 1. The number of Topliss-reactive ketones (excluding diaryl/α,β-unsaturated/α-hetero) is 1. The molecule has 0 saturated carbocycles. The summed E-state index contributed by atoms with van der Waals surface area (Å²) in [5.74, 6) is -0.0722. The van der Waals surface area contributed by atoms with E-state index in [1.165, 1.54) is 11.8 Å². The molecule has 3 N–H and O–H groups in total. The Morgan fingerprint density at radius 2 is 1.93 bits per heavy atom. The number of amides is 1. The van der Waals surface area contributed by atoms with E-state index >= 15 is 0 Å². The van der Waals surface area contributed by atoms with Crippen molar-refractivity contribution in [2.75, 3.05) is 17.2 Å². The summed E-state index contributed by atoms with van der Waals surface area (Å²) in [6.07, 6.45) is -0.176. The maximum atomic E-state index is 13.1. The average Bonchev–Trinajstić information content (AvgIpc) is 3.18. The van der Waals surface area contributed by atoms with Gasteiger partial charge in [0, 0.05) is 17.8 Å². The molecule has 3 unspecified atom stereocenters. The van der Waals surface area contributed by atoms with Gasteiger partial charge in [-0.25, -0.2) is 5.43 Å². The minimum Gasteiger partial charge on any atom is -0.293 e. The summed E-state index contributed by atoms with van der Waals surface area (Å²) in [6.45, 7) is 0.555. The Bertz CT molecular complexity index is 899. The van der Waals surface area contributed by atoms with Crippen molar-refractivity contribution < 1.29 is 9.59 Å². The van der Waals surface area contributed by atoms with Crippen molar-refractivity contribution in [2.24, 2.45) is 5.92 Å². The van der Waals surface area contributed by atoms with E-state index in [2.05, 4.69) is 16.2 Å². The molecule has 1 amide bonds. The summed E-state index contributed by atoms with van der Waals surface area (Å²) < 4.78 is 0. The van der Waals surface area contributed by atoms with Crippen LogP contribution in [0.15, 0.2) is 48.5 Å². The lowest BCUT2D eigenvalue weighted by atomic mass is 10.0. The van der Waals surface area contributed by atoms with Gasteiger partial charge in [0.05, 0.1) is 27.9 Å². The number of hydrogen-bond donors (Lipinski definition) is 3. The fourth-order valence-corrected chi connectivity index (χ4v) is 4.68. The lowest BCUT2D eigenvalue weighted by molar-refractivity contribution is -0.124. The number of carbonyl (C=O) groups excluding carboxylic acids is 2. The first kappa shape index (κ1) is 19.7. The monoisotopic (exact) mass is 436 g/mol. The van der Waals surface area contributed by atoms with E-state index in [0.29, 0.717) is 22.2 Å². The van der Waals surface area contributed by atoms with E-state index in [-0.39, 0.29) is 35.0 Å². The number of hydrogen-bond acceptors (Lipinski definition) is 6. The van der Waals surface area contributed by atoms with Gasteiger partial charge in [-0.15, -0.1) is 11.8 Å². The van der Waals surface area contributed by atoms with Crippen molar-refractivity contribution >= 4 is 52.3 Å². The number of nitrogens with zero attached hydrogens (tertiary/aromatic N) is 1. The first-order chi connectivity index (χ1) is 13.5. The molecule has 28 heavy (non-hydrogen) atoms. The number of halogens is 2. The highest BCUT2D eigenvalue weighted by molar-refractivity contribution is 8.00. The summed E-state index contributed by atoms with van der Waals surface area (Å²) in [4.78, 5) is 27.4. The van der Waals surface area contributed by atoms with E-state index in [1.807, 2.05) is 30.3 Å². The van der Waals surface area contributed by atoms with Crippen LogP contribution < -0.4 is 21.1 Å². The Morgan fingerprint density at radius 3 is 2.68 bits per heavy atom. The molecule has 3 atom stereocenters. The van der Waals surface area contributed by atoms with Crippen LogP contribution >= 0.6 is 35.0 Å². The third-order valence-electron chi connectivity index (χ3n) is 4.74. The maximum Gasteiger partial charge on any atom is 0.236 e. The lowest BCUT2D eigenvalue weighted by Crippen LogP contribution is -2.64. The highest BCUT2D eigenvalue weighted by atomic mass is 35.5. The molecule has 0 aliphatic carbocycles. The standard InChI is InChI=1S/C19H18Cl2N4O2S/c20-14-7-6-11(8-15(14)21)16(26)10-28-19-23-17-13(9-22-24-17)18(27)25(19)12-4-2-1-3-5-12/h1-8,13,17,19,22-24H,9-10H2. The fraction of sp³-hybridized carbons (Fsp3) is 0.263. The van der Waals surface area contributed by atoms with Crippen LogP contribution in [0.4, 0.5) is 5.69 Å². The molecule has 2 aliphatic heterocycles. The maximum absolute atomic E-state index is 13.1. The molecular weight excluding hydrogens is 419 g/mol. The number of para-hydroxylation sites is 1.